The molecule has 110 valence electrons. The number of amides is 1. The highest BCUT2D eigenvalue weighted by atomic mass is 35.5. The van der Waals surface area contributed by atoms with Crippen LogP contribution in [0, 0.1) is 0 Å². The second-order valence-corrected chi connectivity index (χ2v) is 6.75. The summed E-state index contributed by atoms with van der Waals surface area (Å²) in [6, 6.07) is 3.89. The topological polar surface area (TPSA) is 57.6 Å². The van der Waals surface area contributed by atoms with E-state index in [0.29, 0.717) is 20.5 Å². The van der Waals surface area contributed by atoms with Crippen molar-refractivity contribution < 1.29 is 14.7 Å². The molecule has 0 spiro atoms. The van der Waals surface area contributed by atoms with Crippen molar-refractivity contribution in [2.45, 2.75) is 13.0 Å². The van der Waals surface area contributed by atoms with Crippen molar-refractivity contribution in [3.05, 3.63) is 38.7 Å². The molecule has 1 aliphatic heterocycles. The number of halogens is 2. The molecule has 0 aliphatic carbocycles. The lowest BCUT2D eigenvalue weighted by molar-refractivity contribution is -0.144. The zero-order valence-corrected chi connectivity index (χ0v) is 13.8. The Balaban J connectivity index is 2.34. The molecule has 0 unspecified atom stereocenters. The molecule has 1 saturated heterocycles. The van der Waals surface area contributed by atoms with E-state index >= 15 is 0 Å². The zero-order chi connectivity index (χ0) is 15.7. The fourth-order valence-electron chi connectivity index (χ4n) is 1.68. The number of benzene rings is 1. The van der Waals surface area contributed by atoms with Crippen molar-refractivity contribution in [1.29, 1.82) is 0 Å². The molecule has 8 heteroatoms. The van der Waals surface area contributed by atoms with Gasteiger partial charge in [0.1, 0.15) is 10.4 Å². The molecule has 1 aromatic carbocycles. The number of carboxylic acid groups (broad SMARTS) is 1. The summed E-state index contributed by atoms with van der Waals surface area (Å²) < 4.78 is 0.214. The Bertz CT molecular complexity index is 675. The Kier molecular flexibility index (Phi) is 4.93. The quantitative estimate of drug-likeness (QED) is 0.657. The van der Waals surface area contributed by atoms with Crippen LogP contribution in [0.1, 0.15) is 12.5 Å². The maximum atomic E-state index is 12.3. The number of aliphatic carboxylic acids is 1. The molecule has 1 aromatic rings. The van der Waals surface area contributed by atoms with Crippen molar-refractivity contribution in [3.8, 4) is 0 Å². The van der Waals surface area contributed by atoms with Gasteiger partial charge >= 0.3 is 5.97 Å². The van der Waals surface area contributed by atoms with Gasteiger partial charge in [0.15, 0.2) is 0 Å². The molecule has 1 fully saturated rings. The van der Waals surface area contributed by atoms with Crippen LogP contribution in [-0.4, -0.2) is 32.2 Å². The molecule has 1 N–H and O–H groups in total. The molecule has 0 radical (unpaired) electrons. The fourth-order valence-corrected chi connectivity index (χ4v) is 3.56. The smallest absolute Gasteiger partial charge is 0.326 e. The van der Waals surface area contributed by atoms with Gasteiger partial charge in [0.05, 0.1) is 4.91 Å². The standard InChI is InChI=1S/C13H9Cl2NO3S2/c1-6(12(18)19)16-11(17)10(21-13(16)20)4-7-2-3-8(14)5-9(7)15/h2-6H,1H3,(H,18,19)/b10-4-/t6-/m1/s1. The molecule has 1 amide bonds. The van der Waals surface area contributed by atoms with Crippen LogP contribution in [0.2, 0.25) is 10.0 Å². The van der Waals surface area contributed by atoms with Gasteiger partial charge in [-0.15, -0.1) is 0 Å². The third-order valence-electron chi connectivity index (χ3n) is 2.82. The second kappa shape index (κ2) is 6.36. The Morgan fingerprint density at radius 2 is 2.14 bits per heavy atom. The molecule has 2 rings (SSSR count). The SMILES string of the molecule is C[C@H](C(=O)O)N1C(=O)/C(=C/c2ccc(Cl)cc2Cl)SC1=S. The molecular weight excluding hydrogens is 353 g/mol. The number of thioether (sulfide) groups is 1. The summed E-state index contributed by atoms with van der Waals surface area (Å²) in [6.07, 6.45) is 1.58. The maximum Gasteiger partial charge on any atom is 0.326 e. The Labute approximate surface area is 140 Å². The molecule has 1 aliphatic rings. The van der Waals surface area contributed by atoms with Crippen LogP contribution in [0.5, 0.6) is 0 Å². The van der Waals surface area contributed by atoms with Crippen LogP contribution in [0.4, 0.5) is 0 Å². The number of nitrogens with zero attached hydrogens (tertiary/aromatic N) is 1. The van der Waals surface area contributed by atoms with Gasteiger partial charge in [0, 0.05) is 10.0 Å². The monoisotopic (exact) mass is 361 g/mol. The minimum absolute atomic E-state index is 0.214. The van der Waals surface area contributed by atoms with Gasteiger partial charge in [-0.05, 0) is 30.7 Å². The van der Waals surface area contributed by atoms with Crippen molar-refractivity contribution in [3.63, 3.8) is 0 Å². The zero-order valence-electron chi connectivity index (χ0n) is 10.7. The van der Waals surface area contributed by atoms with E-state index in [1.165, 1.54) is 6.92 Å². The number of hydrogen-bond acceptors (Lipinski definition) is 4. The average molecular weight is 362 g/mol. The molecule has 1 heterocycles. The highest BCUT2D eigenvalue weighted by Gasteiger charge is 2.38. The normalized spacial score (nSPS) is 18.4. The third-order valence-corrected chi connectivity index (χ3v) is 4.71. The van der Waals surface area contributed by atoms with Crippen molar-refractivity contribution in [2.75, 3.05) is 0 Å². The van der Waals surface area contributed by atoms with Gasteiger partial charge in [0.2, 0.25) is 0 Å². The first-order valence-electron chi connectivity index (χ1n) is 5.76. The lowest BCUT2D eigenvalue weighted by Gasteiger charge is -2.18. The van der Waals surface area contributed by atoms with Gasteiger partial charge in [-0.1, -0.05) is 53.2 Å². The molecule has 1 atom stereocenters. The number of carbonyl (C=O) groups excluding carboxylic acids is 1. The van der Waals surface area contributed by atoms with Crippen LogP contribution in [-0.2, 0) is 9.59 Å². The molecule has 0 bridgehead atoms. The molecule has 0 aromatic heterocycles. The van der Waals surface area contributed by atoms with Gasteiger partial charge in [-0.3, -0.25) is 9.69 Å². The first-order valence-corrected chi connectivity index (χ1v) is 7.74. The van der Waals surface area contributed by atoms with Crippen LogP contribution >= 0.6 is 47.2 Å². The summed E-state index contributed by atoms with van der Waals surface area (Å²) in [7, 11) is 0. The van der Waals surface area contributed by atoms with E-state index in [2.05, 4.69) is 0 Å². The fraction of sp³-hybridized carbons (Fsp3) is 0.154. The van der Waals surface area contributed by atoms with E-state index in [1.807, 2.05) is 0 Å². The summed E-state index contributed by atoms with van der Waals surface area (Å²) in [5, 5.41) is 9.90. The predicted octanol–water partition coefficient (Wildman–Crippen LogP) is 3.67. The minimum atomic E-state index is -1.11. The number of hydrogen-bond donors (Lipinski definition) is 1. The number of rotatable bonds is 3. The summed E-state index contributed by atoms with van der Waals surface area (Å²) in [6.45, 7) is 1.41. The number of carboxylic acids is 1. The van der Waals surface area contributed by atoms with E-state index in [-0.39, 0.29) is 4.32 Å². The first kappa shape index (κ1) is 16.3. The van der Waals surface area contributed by atoms with E-state index < -0.39 is 17.9 Å². The largest absolute Gasteiger partial charge is 0.480 e. The van der Waals surface area contributed by atoms with E-state index in [4.69, 9.17) is 40.5 Å². The highest BCUT2D eigenvalue weighted by Crippen LogP contribution is 2.35. The Morgan fingerprint density at radius 3 is 2.71 bits per heavy atom. The first-order chi connectivity index (χ1) is 9.81. The summed E-state index contributed by atoms with van der Waals surface area (Å²) in [4.78, 5) is 24.7. The van der Waals surface area contributed by atoms with Crippen LogP contribution < -0.4 is 0 Å². The minimum Gasteiger partial charge on any atom is -0.480 e. The second-order valence-electron chi connectivity index (χ2n) is 4.23. The Hall–Kier alpha value is -1.08. The third kappa shape index (κ3) is 3.40. The van der Waals surface area contributed by atoms with Gasteiger partial charge in [0.25, 0.3) is 5.91 Å². The number of thiocarbonyl (C=S) groups is 1. The number of carbonyl (C=O) groups is 2. The van der Waals surface area contributed by atoms with Crippen molar-refractivity contribution in [2.24, 2.45) is 0 Å². The molecular formula is C13H9Cl2NO3S2. The van der Waals surface area contributed by atoms with Crippen molar-refractivity contribution in [1.82, 2.24) is 4.90 Å². The maximum absolute atomic E-state index is 12.3. The van der Waals surface area contributed by atoms with Gasteiger partial charge < -0.3 is 5.11 Å². The lowest BCUT2D eigenvalue weighted by atomic mass is 10.2. The van der Waals surface area contributed by atoms with E-state index in [1.54, 1.807) is 24.3 Å². The molecule has 4 nitrogen and oxygen atoms in total. The molecule has 21 heavy (non-hydrogen) atoms. The van der Waals surface area contributed by atoms with E-state index in [9.17, 15) is 9.59 Å². The Morgan fingerprint density at radius 1 is 1.48 bits per heavy atom. The van der Waals surface area contributed by atoms with Gasteiger partial charge in [-0.2, -0.15) is 0 Å². The highest BCUT2D eigenvalue weighted by molar-refractivity contribution is 8.26. The van der Waals surface area contributed by atoms with Crippen LogP contribution in [0.3, 0.4) is 0 Å². The van der Waals surface area contributed by atoms with Crippen LogP contribution in [0.25, 0.3) is 6.08 Å². The summed E-state index contributed by atoms with van der Waals surface area (Å²) in [5.41, 5.74) is 0.615. The summed E-state index contributed by atoms with van der Waals surface area (Å²) >= 11 is 18.0. The lowest BCUT2D eigenvalue weighted by Crippen LogP contribution is -2.41. The average Bonchev–Trinajstić information content (AvgIpc) is 2.67. The van der Waals surface area contributed by atoms with Crippen LogP contribution in [0.15, 0.2) is 23.1 Å². The van der Waals surface area contributed by atoms with E-state index in [0.717, 1.165) is 16.7 Å². The summed E-state index contributed by atoms with van der Waals surface area (Å²) in [5.74, 6) is -1.55. The van der Waals surface area contributed by atoms with Gasteiger partial charge in [-0.25, -0.2) is 4.79 Å². The predicted molar refractivity (Wildman–Crippen MR) is 88.6 cm³/mol. The van der Waals surface area contributed by atoms with Crippen molar-refractivity contribution >= 4 is 69.5 Å². The molecule has 0 saturated carbocycles.